The van der Waals surface area contributed by atoms with Crippen molar-refractivity contribution in [2.75, 3.05) is 20.3 Å². The largest absolute Gasteiger partial charge is 0.356 e. The number of hydrogen-bond acceptors (Lipinski definition) is 2. The first-order valence-electron chi connectivity index (χ1n) is 4.07. The van der Waals surface area contributed by atoms with Gasteiger partial charge in [-0.15, -0.1) is 0 Å². The molecule has 0 heterocycles. The van der Waals surface area contributed by atoms with Gasteiger partial charge in [0.1, 0.15) is 0 Å². The molecule has 0 aliphatic carbocycles. The molecule has 67 valence electrons. The molecule has 1 radical (unpaired) electrons. The summed E-state index contributed by atoms with van der Waals surface area (Å²) in [5.74, 6) is 0. The number of methoxy groups -OCH3 is 1. The van der Waals surface area contributed by atoms with E-state index in [9.17, 15) is 5.11 Å². The second kappa shape index (κ2) is 7.98. The second-order valence-electron chi connectivity index (χ2n) is 2.38. The number of hydrogen-bond donors (Lipinski definition) is 0. The summed E-state index contributed by atoms with van der Waals surface area (Å²) < 4.78 is 10.2. The van der Waals surface area contributed by atoms with Crippen LogP contribution in [-0.2, 0) is 14.6 Å². The Hall–Kier alpha value is -0.120. The summed E-state index contributed by atoms with van der Waals surface area (Å²) in [6, 6.07) is 0. The van der Waals surface area contributed by atoms with Crippen molar-refractivity contribution in [1.82, 2.24) is 0 Å². The van der Waals surface area contributed by atoms with Gasteiger partial charge in [-0.05, 0) is 6.42 Å². The van der Waals surface area contributed by atoms with E-state index in [-0.39, 0.29) is 12.9 Å². The maximum absolute atomic E-state index is 10.2. The van der Waals surface area contributed by atoms with Gasteiger partial charge in [-0.3, -0.25) is 0 Å². The fraction of sp³-hybridized carbons (Fsp3) is 1.00. The number of ether oxygens (including phenoxy) is 2. The van der Waals surface area contributed by atoms with E-state index in [1.807, 2.05) is 0 Å². The van der Waals surface area contributed by atoms with Crippen LogP contribution >= 0.6 is 0 Å². The molecule has 0 bridgehead atoms. The first-order valence-corrected chi connectivity index (χ1v) is 4.07. The van der Waals surface area contributed by atoms with Gasteiger partial charge in [-0.2, -0.15) is 0 Å². The van der Waals surface area contributed by atoms with Crippen LogP contribution in [0.2, 0.25) is 0 Å². The Morgan fingerprint density at radius 1 is 1.45 bits per heavy atom. The van der Waals surface area contributed by atoms with E-state index >= 15 is 0 Å². The van der Waals surface area contributed by atoms with Crippen LogP contribution in [0.1, 0.15) is 26.2 Å². The SMILES string of the molecule is CCCCOC(CC[O])OC. The van der Waals surface area contributed by atoms with E-state index in [4.69, 9.17) is 9.47 Å². The zero-order chi connectivity index (χ0) is 8.53. The summed E-state index contributed by atoms with van der Waals surface area (Å²) in [4.78, 5) is 0. The van der Waals surface area contributed by atoms with E-state index in [1.165, 1.54) is 0 Å². The van der Waals surface area contributed by atoms with Crippen molar-refractivity contribution < 1.29 is 14.6 Å². The zero-order valence-electron chi connectivity index (χ0n) is 7.34. The van der Waals surface area contributed by atoms with E-state index < -0.39 is 0 Å². The Balaban J connectivity index is 3.20. The summed E-state index contributed by atoms with van der Waals surface area (Å²) in [6.45, 7) is 2.65. The van der Waals surface area contributed by atoms with Gasteiger partial charge in [0.25, 0.3) is 0 Å². The molecule has 0 aliphatic heterocycles. The zero-order valence-corrected chi connectivity index (χ0v) is 7.34. The molecular formula is C8H17O3. The molecule has 0 rings (SSSR count). The summed E-state index contributed by atoms with van der Waals surface area (Å²) in [5.41, 5.74) is 0. The summed E-state index contributed by atoms with van der Waals surface area (Å²) in [6.07, 6.45) is 2.28. The Labute approximate surface area is 68.3 Å². The fourth-order valence-electron chi connectivity index (χ4n) is 0.725. The number of unbranched alkanes of at least 4 members (excludes halogenated alkanes) is 1. The van der Waals surface area contributed by atoms with Gasteiger partial charge in [0, 0.05) is 20.1 Å². The average Bonchev–Trinajstić information content (AvgIpc) is 2.03. The third kappa shape index (κ3) is 6.28. The van der Waals surface area contributed by atoms with Crippen LogP contribution in [0.3, 0.4) is 0 Å². The molecule has 0 fully saturated rings. The van der Waals surface area contributed by atoms with E-state index in [0.717, 1.165) is 12.8 Å². The van der Waals surface area contributed by atoms with Gasteiger partial charge in [0.05, 0.1) is 6.61 Å². The van der Waals surface area contributed by atoms with Crippen molar-refractivity contribution in [2.24, 2.45) is 0 Å². The average molecular weight is 161 g/mol. The lowest BCUT2D eigenvalue weighted by Crippen LogP contribution is -2.17. The molecule has 0 saturated carbocycles. The molecule has 1 atom stereocenters. The Kier molecular flexibility index (Phi) is 7.89. The first-order chi connectivity index (χ1) is 5.35. The van der Waals surface area contributed by atoms with Crippen molar-refractivity contribution in [2.45, 2.75) is 32.5 Å². The molecule has 1 unspecified atom stereocenters. The molecular weight excluding hydrogens is 144 g/mol. The molecule has 0 spiro atoms. The van der Waals surface area contributed by atoms with Crippen molar-refractivity contribution in [3.05, 3.63) is 0 Å². The van der Waals surface area contributed by atoms with Gasteiger partial charge in [-0.1, -0.05) is 13.3 Å². The van der Waals surface area contributed by atoms with Gasteiger partial charge in [-0.25, -0.2) is 5.11 Å². The molecule has 3 nitrogen and oxygen atoms in total. The molecule has 11 heavy (non-hydrogen) atoms. The van der Waals surface area contributed by atoms with Crippen molar-refractivity contribution in [1.29, 1.82) is 0 Å². The predicted octanol–water partition coefficient (Wildman–Crippen LogP) is 1.60. The Bertz CT molecular complexity index is 75.7. The summed E-state index contributed by atoms with van der Waals surface area (Å²) in [7, 11) is 1.56. The highest BCUT2D eigenvalue weighted by atomic mass is 16.7. The van der Waals surface area contributed by atoms with E-state index in [2.05, 4.69) is 6.92 Å². The lowest BCUT2D eigenvalue weighted by Gasteiger charge is -2.13. The van der Waals surface area contributed by atoms with Crippen LogP contribution in [0.15, 0.2) is 0 Å². The van der Waals surface area contributed by atoms with Gasteiger partial charge in [0.2, 0.25) is 0 Å². The maximum Gasteiger partial charge on any atom is 0.159 e. The first kappa shape index (κ1) is 10.9. The molecule has 0 aromatic carbocycles. The highest BCUT2D eigenvalue weighted by Gasteiger charge is 2.05. The summed E-state index contributed by atoms with van der Waals surface area (Å²) >= 11 is 0. The van der Waals surface area contributed by atoms with Crippen molar-refractivity contribution in [3.63, 3.8) is 0 Å². The molecule has 0 N–H and O–H groups in total. The van der Waals surface area contributed by atoms with E-state index in [1.54, 1.807) is 7.11 Å². The third-order valence-electron chi connectivity index (χ3n) is 1.42. The van der Waals surface area contributed by atoms with Crippen molar-refractivity contribution in [3.8, 4) is 0 Å². The topological polar surface area (TPSA) is 38.4 Å². The maximum atomic E-state index is 10.2. The van der Waals surface area contributed by atoms with Crippen LogP contribution in [0.25, 0.3) is 0 Å². The van der Waals surface area contributed by atoms with Crippen LogP contribution < -0.4 is 0 Å². The van der Waals surface area contributed by atoms with Gasteiger partial charge < -0.3 is 9.47 Å². The minimum absolute atomic E-state index is 0.134. The lowest BCUT2D eigenvalue weighted by atomic mass is 10.3. The third-order valence-corrected chi connectivity index (χ3v) is 1.42. The Morgan fingerprint density at radius 2 is 2.18 bits per heavy atom. The standard InChI is InChI=1S/C8H17O3/c1-3-4-7-11-8(10-2)5-6-9/h8H,3-7H2,1-2H3. The van der Waals surface area contributed by atoms with Crippen molar-refractivity contribution >= 4 is 0 Å². The van der Waals surface area contributed by atoms with E-state index in [0.29, 0.717) is 13.0 Å². The lowest BCUT2D eigenvalue weighted by molar-refractivity contribution is -0.135. The Morgan fingerprint density at radius 3 is 2.64 bits per heavy atom. The summed E-state index contributed by atoms with van der Waals surface area (Å²) in [5, 5.41) is 10.2. The molecule has 0 aromatic rings. The van der Waals surface area contributed by atoms with Crippen LogP contribution in [-0.4, -0.2) is 26.6 Å². The highest BCUT2D eigenvalue weighted by molar-refractivity contribution is 4.42. The minimum Gasteiger partial charge on any atom is -0.356 e. The molecule has 0 aliphatic rings. The normalized spacial score (nSPS) is 13.4. The molecule has 0 aromatic heterocycles. The highest BCUT2D eigenvalue weighted by Crippen LogP contribution is 2.00. The molecule has 3 heteroatoms. The quantitative estimate of drug-likeness (QED) is 0.420. The second-order valence-corrected chi connectivity index (χ2v) is 2.38. The number of rotatable bonds is 7. The van der Waals surface area contributed by atoms with Gasteiger partial charge in [0.15, 0.2) is 6.29 Å². The van der Waals surface area contributed by atoms with Crippen LogP contribution in [0.5, 0.6) is 0 Å². The predicted molar refractivity (Wildman–Crippen MR) is 41.8 cm³/mol. The smallest absolute Gasteiger partial charge is 0.159 e. The van der Waals surface area contributed by atoms with Crippen LogP contribution in [0, 0.1) is 0 Å². The fourth-order valence-corrected chi connectivity index (χ4v) is 0.725. The molecule has 0 saturated heterocycles. The monoisotopic (exact) mass is 161 g/mol. The molecule has 0 amide bonds. The van der Waals surface area contributed by atoms with Gasteiger partial charge >= 0.3 is 0 Å². The van der Waals surface area contributed by atoms with Crippen LogP contribution in [0.4, 0.5) is 0 Å². The minimum atomic E-state index is -0.293.